The molecule has 0 aromatic heterocycles. The molecule has 0 saturated heterocycles. The molecule has 1 atom stereocenters. The van der Waals surface area contributed by atoms with Crippen LogP contribution in [0.4, 0.5) is 0 Å². The highest BCUT2D eigenvalue weighted by atomic mass is 16.3. The van der Waals surface area contributed by atoms with Crippen molar-refractivity contribution in [3.63, 3.8) is 0 Å². The first-order valence-electron chi connectivity index (χ1n) is 5.79. The summed E-state index contributed by atoms with van der Waals surface area (Å²) < 4.78 is 0. The molecular weight excluding hydrogens is 206 g/mol. The average molecular weight is 225 g/mol. The van der Waals surface area contributed by atoms with Crippen molar-refractivity contribution in [2.24, 2.45) is 5.92 Å². The summed E-state index contributed by atoms with van der Waals surface area (Å²) >= 11 is 0. The monoisotopic (exact) mass is 225 g/mol. The highest BCUT2D eigenvalue weighted by molar-refractivity contribution is 6.20. The first-order chi connectivity index (χ1) is 7.56. The van der Waals surface area contributed by atoms with Crippen molar-refractivity contribution in [2.75, 3.05) is 6.54 Å². The highest BCUT2D eigenvalue weighted by Crippen LogP contribution is 2.24. The minimum absolute atomic E-state index is 0.0331. The van der Waals surface area contributed by atoms with Crippen LogP contribution in [-0.2, 0) is 9.59 Å². The van der Waals surface area contributed by atoms with Crippen LogP contribution < -0.4 is 5.32 Å². The van der Waals surface area contributed by atoms with Gasteiger partial charge in [0.1, 0.15) is 11.3 Å². The minimum Gasteiger partial charge on any atom is -0.511 e. The van der Waals surface area contributed by atoms with Crippen LogP contribution >= 0.6 is 0 Å². The summed E-state index contributed by atoms with van der Waals surface area (Å²) in [7, 11) is 0. The van der Waals surface area contributed by atoms with Gasteiger partial charge in [-0.1, -0.05) is 20.3 Å². The van der Waals surface area contributed by atoms with E-state index in [-0.39, 0.29) is 23.0 Å². The van der Waals surface area contributed by atoms with Gasteiger partial charge in [-0.25, -0.2) is 0 Å². The van der Waals surface area contributed by atoms with Gasteiger partial charge in [-0.2, -0.15) is 0 Å². The molecule has 0 spiro atoms. The van der Waals surface area contributed by atoms with Crippen LogP contribution in [0.5, 0.6) is 0 Å². The van der Waals surface area contributed by atoms with E-state index in [1.165, 1.54) is 0 Å². The molecule has 0 aromatic carbocycles. The molecule has 1 amide bonds. The summed E-state index contributed by atoms with van der Waals surface area (Å²) in [5.74, 6) is -0.606. The number of aliphatic hydroxyl groups excluding tert-OH is 1. The van der Waals surface area contributed by atoms with E-state index >= 15 is 0 Å². The Balaban J connectivity index is 2.66. The minimum atomic E-state index is -0.428. The molecule has 0 radical (unpaired) electrons. The second kappa shape index (κ2) is 5.68. The maximum atomic E-state index is 11.7. The first-order valence-corrected chi connectivity index (χ1v) is 5.79. The summed E-state index contributed by atoms with van der Waals surface area (Å²) in [6.07, 6.45) is 2.63. The Morgan fingerprint density at radius 3 is 2.75 bits per heavy atom. The molecule has 1 unspecified atom stereocenters. The lowest BCUT2D eigenvalue weighted by molar-refractivity contribution is -0.123. The second-order valence-electron chi connectivity index (χ2n) is 4.37. The van der Waals surface area contributed by atoms with Crippen LogP contribution in [0.2, 0.25) is 0 Å². The van der Waals surface area contributed by atoms with E-state index in [1.807, 2.05) is 13.8 Å². The van der Waals surface area contributed by atoms with E-state index in [2.05, 4.69) is 5.32 Å². The molecule has 4 heteroatoms. The van der Waals surface area contributed by atoms with Crippen LogP contribution in [0.15, 0.2) is 11.3 Å². The Hall–Kier alpha value is -1.32. The van der Waals surface area contributed by atoms with E-state index in [1.54, 1.807) is 0 Å². The zero-order valence-corrected chi connectivity index (χ0v) is 9.88. The quantitative estimate of drug-likeness (QED) is 0.565. The van der Waals surface area contributed by atoms with Crippen LogP contribution in [0.25, 0.3) is 0 Å². The largest absolute Gasteiger partial charge is 0.511 e. The number of hydrogen-bond acceptors (Lipinski definition) is 3. The Morgan fingerprint density at radius 2 is 2.19 bits per heavy atom. The number of carbonyl (C=O) groups excluding carboxylic acids is 2. The lowest BCUT2D eigenvalue weighted by Crippen LogP contribution is -2.33. The van der Waals surface area contributed by atoms with E-state index in [0.717, 1.165) is 12.8 Å². The van der Waals surface area contributed by atoms with Crippen molar-refractivity contribution in [1.82, 2.24) is 5.32 Å². The second-order valence-corrected chi connectivity index (χ2v) is 4.37. The first kappa shape index (κ1) is 12.7. The Labute approximate surface area is 95.7 Å². The summed E-state index contributed by atoms with van der Waals surface area (Å²) in [6, 6.07) is 0. The number of hydrogen-bond donors (Lipinski definition) is 2. The summed E-state index contributed by atoms with van der Waals surface area (Å²) in [4.78, 5) is 23.3. The normalized spacial score (nSPS) is 21.1. The van der Waals surface area contributed by atoms with Crippen molar-refractivity contribution >= 4 is 11.7 Å². The molecule has 4 nitrogen and oxygen atoms in total. The molecule has 1 aliphatic carbocycles. The number of unbranched alkanes of at least 4 members (excludes halogenated alkanes) is 1. The summed E-state index contributed by atoms with van der Waals surface area (Å²) in [5, 5.41) is 12.3. The summed E-state index contributed by atoms with van der Waals surface area (Å²) in [5.41, 5.74) is -0.0331. The Kier molecular flexibility index (Phi) is 4.52. The zero-order chi connectivity index (χ0) is 12.1. The maximum Gasteiger partial charge on any atom is 0.258 e. The number of allylic oxidation sites excluding steroid dienone is 1. The van der Waals surface area contributed by atoms with Gasteiger partial charge in [0.15, 0.2) is 5.78 Å². The van der Waals surface area contributed by atoms with Gasteiger partial charge in [0.2, 0.25) is 0 Å². The Bertz CT molecular complexity index is 320. The number of carbonyl (C=O) groups is 2. The number of nitrogens with one attached hydrogen (secondary N) is 1. The SMILES string of the molecule is CCCCNC(=O)C1=C(O)CC(C)CC1=O. The molecule has 0 saturated carbocycles. The van der Waals surface area contributed by atoms with E-state index < -0.39 is 5.91 Å². The molecule has 0 fully saturated rings. The highest BCUT2D eigenvalue weighted by Gasteiger charge is 2.29. The van der Waals surface area contributed by atoms with Crippen LogP contribution in [0.1, 0.15) is 39.5 Å². The molecule has 16 heavy (non-hydrogen) atoms. The molecule has 90 valence electrons. The third-order valence-corrected chi connectivity index (χ3v) is 2.69. The van der Waals surface area contributed by atoms with Gasteiger partial charge in [0.25, 0.3) is 5.91 Å². The van der Waals surface area contributed by atoms with Gasteiger partial charge in [-0.05, 0) is 12.3 Å². The fraction of sp³-hybridized carbons (Fsp3) is 0.667. The fourth-order valence-electron chi connectivity index (χ4n) is 1.81. The smallest absolute Gasteiger partial charge is 0.258 e. The van der Waals surface area contributed by atoms with Crippen molar-refractivity contribution in [3.8, 4) is 0 Å². The average Bonchev–Trinajstić information content (AvgIpc) is 2.16. The molecule has 1 rings (SSSR count). The van der Waals surface area contributed by atoms with Crippen molar-refractivity contribution < 1.29 is 14.7 Å². The standard InChI is InChI=1S/C12H19NO3/c1-3-4-5-13-12(16)11-9(14)6-8(2)7-10(11)15/h8,14H,3-7H2,1-2H3,(H,13,16). The van der Waals surface area contributed by atoms with Crippen molar-refractivity contribution in [3.05, 3.63) is 11.3 Å². The number of Topliss-reactive ketones (excluding diaryl/α,β-unsaturated/α-hetero) is 1. The zero-order valence-electron chi connectivity index (χ0n) is 9.88. The Morgan fingerprint density at radius 1 is 1.50 bits per heavy atom. The van der Waals surface area contributed by atoms with Gasteiger partial charge in [0.05, 0.1) is 0 Å². The molecule has 0 aromatic rings. The van der Waals surface area contributed by atoms with Crippen LogP contribution in [0, 0.1) is 5.92 Å². The van der Waals surface area contributed by atoms with Crippen LogP contribution in [-0.4, -0.2) is 23.3 Å². The third kappa shape index (κ3) is 3.08. The van der Waals surface area contributed by atoms with Crippen LogP contribution in [0.3, 0.4) is 0 Å². The number of ketones is 1. The van der Waals surface area contributed by atoms with E-state index in [0.29, 0.717) is 19.4 Å². The topological polar surface area (TPSA) is 66.4 Å². The van der Waals surface area contributed by atoms with Gasteiger partial charge < -0.3 is 10.4 Å². The molecule has 0 heterocycles. The van der Waals surface area contributed by atoms with Gasteiger partial charge in [-0.3, -0.25) is 9.59 Å². The van der Waals surface area contributed by atoms with Gasteiger partial charge in [-0.15, -0.1) is 0 Å². The summed E-state index contributed by atoms with van der Waals surface area (Å²) in [6.45, 7) is 4.46. The molecular formula is C12H19NO3. The van der Waals surface area contributed by atoms with Gasteiger partial charge >= 0.3 is 0 Å². The lowest BCUT2D eigenvalue weighted by Gasteiger charge is -2.19. The van der Waals surface area contributed by atoms with Crippen molar-refractivity contribution in [1.29, 1.82) is 0 Å². The van der Waals surface area contributed by atoms with Gasteiger partial charge in [0, 0.05) is 19.4 Å². The van der Waals surface area contributed by atoms with E-state index in [9.17, 15) is 14.7 Å². The molecule has 1 aliphatic rings. The molecule has 0 bridgehead atoms. The number of aliphatic hydroxyl groups is 1. The van der Waals surface area contributed by atoms with Crippen molar-refractivity contribution in [2.45, 2.75) is 39.5 Å². The van der Waals surface area contributed by atoms with E-state index in [4.69, 9.17) is 0 Å². The predicted octanol–water partition coefficient (Wildman–Crippen LogP) is 1.71. The number of amides is 1. The maximum absolute atomic E-state index is 11.7. The fourth-order valence-corrected chi connectivity index (χ4v) is 1.81. The predicted molar refractivity (Wildman–Crippen MR) is 61.0 cm³/mol. The number of rotatable bonds is 4. The molecule has 0 aliphatic heterocycles. The molecule has 2 N–H and O–H groups in total. The lowest BCUT2D eigenvalue weighted by atomic mass is 9.88. The third-order valence-electron chi connectivity index (χ3n) is 2.69.